The molecular weight excluding hydrogens is 154 g/mol. The number of aliphatic imine (C=N–C) groups is 1. The summed E-state index contributed by atoms with van der Waals surface area (Å²) in [5.74, 6) is 0. The molecule has 0 bridgehead atoms. The molecule has 0 unspecified atom stereocenters. The van der Waals surface area contributed by atoms with Gasteiger partial charge in [0.15, 0.2) is 0 Å². The lowest BCUT2D eigenvalue weighted by Gasteiger charge is -1.72. The van der Waals surface area contributed by atoms with Crippen molar-refractivity contribution in [3.8, 4) is 6.19 Å². The van der Waals surface area contributed by atoms with Gasteiger partial charge < -0.3 is 10.4 Å². The number of aryl methyl sites for hydroxylation is 2. The van der Waals surface area contributed by atoms with Gasteiger partial charge in [-0.2, -0.15) is 5.26 Å². The van der Waals surface area contributed by atoms with Crippen LogP contribution >= 0.6 is 0 Å². The third kappa shape index (κ3) is 4.91. The minimum atomic E-state index is 1.28. The van der Waals surface area contributed by atoms with Crippen LogP contribution in [0.2, 0.25) is 0 Å². The van der Waals surface area contributed by atoms with Crippen LogP contribution in [-0.4, -0.2) is 10.6 Å². The van der Waals surface area contributed by atoms with Gasteiger partial charge in [0.1, 0.15) is 12.4 Å². The lowest BCUT2D eigenvalue weighted by atomic mass is 10.9. The smallest absolute Gasteiger partial charge is 0.243 e. The molecule has 0 radical (unpaired) electrons. The SMILES string of the molecule is Cn1cc[n+](C)c1.N#CN=C=[N-]. The fourth-order valence-electron chi connectivity index (χ4n) is 0.597. The van der Waals surface area contributed by atoms with Crippen molar-refractivity contribution < 1.29 is 4.57 Å². The van der Waals surface area contributed by atoms with Gasteiger partial charge in [-0.3, -0.25) is 0 Å². The van der Waals surface area contributed by atoms with Crippen LogP contribution < -0.4 is 4.57 Å². The van der Waals surface area contributed by atoms with E-state index in [0.29, 0.717) is 0 Å². The number of hydrogen-bond donors (Lipinski definition) is 0. The predicted octanol–water partition coefficient (Wildman–Crippen LogP) is 0.0604. The highest BCUT2D eigenvalue weighted by molar-refractivity contribution is 5.46. The van der Waals surface area contributed by atoms with Crippen LogP contribution in [0.1, 0.15) is 0 Å². The van der Waals surface area contributed by atoms with Crippen LogP contribution in [0, 0.1) is 11.5 Å². The van der Waals surface area contributed by atoms with Crippen LogP contribution in [0.5, 0.6) is 0 Å². The number of imidazole rings is 1. The first-order valence-electron chi connectivity index (χ1n) is 3.15. The molecule has 0 spiro atoms. The van der Waals surface area contributed by atoms with Crippen molar-refractivity contribution in [2.24, 2.45) is 19.1 Å². The standard InChI is InChI=1S/C5H9N2.C2N3/c1-6-3-4-7(2)5-6;3-1-5-2-4/h3-5H,1-2H3;/q+1;-1. The summed E-state index contributed by atoms with van der Waals surface area (Å²) in [5, 5.41) is 14.9. The maximum Gasteiger partial charge on any atom is 0.243 e. The molecule has 0 aliphatic carbocycles. The van der Waals surface area contributed by atoms with Gasteiger partial charge in [-0.1, -0.05) is 0 Å². The maximum atomic E-state index is 7.43. The van der Waals surface area contributed by atoms with Crippen molar-refractivity contribution in [3.05, 3.63) is 24.1 Å². The third-order valence-corrected chi connectivity index (χ3v) is 1.00. The fourth-order valence-corrected chi connectivity index (χ4v) is 0.597. The van der Waals surface area contributed by atoms with Crippen LogP contribution in [0.15, 0.2) is 23.7 Å². The average Bonchev–Trinajstić information content (AvgIpc) is 2.38. The van der Waals surface area contributed by atoms with E-state index in [1.54, 1.807) is 0 Å². The number of rotatable bonds is 0. The van der Waals surface area contributed by atoms with E-state index < -0.39 is 0 Å². The molecule has 1 aromatic rings. The molecule has 0 saturated carbocycles. The highest BCUT2D eigenvalue weighted by Gasteiger charge is 1.87. The summed E-state index contributed by atoms with van der Waals surface area (Å²) < 4.78 is 4.00. The Bertz CT molecular complexity index is 296. The van der Waals surface area contributed by atoms with E-state index in [9.17, 15) is 0 Å². The van der Waals surface area contributed by atoms with Crippen LogP contribution in [-0.2, 0) is 14.1 Å². The summed E-state index contributed by atoms with van der Waals surface area (Å²) in [4.78, 5) is 2.58. The van der Waals surface area contributed by atoms with E-state index in [4.69, 9.17) is 10.7 Å². The van der Waals surface area contributed by atoms with Crippen molar-refractivity contribution in [1.29, 1.82) is 5.26 Å². The Kier molecular flexibility index (Phi) is 4.90. The molecule has 1 heterocycles. The van der Waals surface area contributed by atoms with Gasteiger partial charge in [0.25, 0.3) is 0 Å². The summed E-state index contributed by atoms with van der Waals surface area (Å²) in [7, 11) is 4.00. The van der Waals surface area contributed by atoms with Crippen LogP contribution in [0.3, 0.4) is 0 Å². The maximum absolute atomic E-state index is 7.43. The molecule has 1 rings (SSSR count). The fraction of sp³-hybridized carbons (Fsp3) is 0.286. The van der Waals surface area contributed by atoms with Gasteiger partial charge in [-0.25, -0.2) is 9.13 Å². The summed E-state index contributed by atoms with van der Waals surface area (Å²) in [6.07, 6.45) is 7.28. The quantitative estimate of drug-likeness (QED) is 0.303. The van der Waals surface area contributed by atoms with Gasteiger partial charge >= 0.3 is 0 Å². The minimum absolute atomic E-state index is 1.28. The molecule has 1 aromatic heterocycles. The van der Waals surface area contributed by atoms with Crippen molar-refractivity contribution in [2.75, 3.05) is 0 Å². The second-order valence-electron chi connectivity index (χ2n) is 2.06. The van der Waals surface area contributed by atoms with Gasteiger partial charge in [-0.05, 0) is 0 Å². The molecule has 0 atom stereocenters. The summed E-state index contributed by atoms with van der Waals surface area (Å²) >= 11 is 0. The molecule has 0 aliphatic heterocycles. The number of nitriles is 1. The lowest BCUT2D eigenvalue weighted by molar-refractivity contribution is -0.670. The molecule has 62 valence electrons. The summed E-state index contributed by atoms with van der Waals surface area (Å²) in [6, 6.07) is 1.28. The summed E-state index contributed by atoms with van der Waals surface area (Å²) in [5.41, 5.74) is 0. The molecule has 12 heavy (non-hydrogen) atoms. The third-order valence-electron chi connectivity index (χ3n) is 1.00. The Morgan fingerprint density at radius 1 is 1.67 bits per heavy atom. The highest BCUT2D eigenvalue weighted by Crippen LogP contribution is 1.70. The molecule has 5 heteroatoms. The van der Waals surface area contributed by atoms with E-state index in [-0.39, 0.29) is 0 Å². The number of aromatic nitrogens is 2. The predicted molar refractivity (Wildman–Crippen MR) is 43.0 cm³/mol. The highest BCUT2D eigenvalue weighted by atomic mass is 15.1. The van der Waals surface area contributed by atoms with Gasteiger partial charge in [0, 0.05) is 0 Å². The van der Waals surface area contributed by atoms with Crippen molar-refractivity contribution >= 4 is 6.01 Å². The number of hydrogen-bond acceptors (Lipinski definition) is 2. The Morgan fingerprint density at radius 3 is 2.42 bits per heavy atom. The van der Waals surface area contributed by atoms with Gasteiger partial charge in [0.2, 0.25) is 6.33 Å². The van der Waals surface area contributed by atoms with Crippen LogP contribution in [0.25, 0.3) is 5.41 Å². The van der Waals surface area contributed by atoms with Gasteiger partial charge in [-0.15, -0.1) is 6.01 Å². The number of nitrogens with zero attached hydrogens (tertiary/aromatic N) is 5. The minimum Gasteiger partial charge on any atom is -0.422 e. The van der Waals surface area contributed by atoms with Gasteiger partial charge in [0.05, 0.1) is 20.3 Å². The van der Waals surface area contributed by atoms with E-state index >= 15 is 0 Å². The van der Waals surface area contributed by atoms with E-state index in [1.807, 2.05) is 42.0 Å². The second-order valence-corrected chi connectivity index (χ2v) is 2.06. The Labute approximate surface area is 70.7 Å². The van der Waals surface area contributed by atoms with E-state index in [2.05, 4.69) is 4.99 Å². The summed E-state index contributed by atoms with van der Waals surface area (Å²) in [6.45, 7) is 0. The molecule has 0 amide bonds. The lowest BCUT2D eigenvalue weighted by Crippen LogP contribution is -2.23. The molecule has 0 fully saturated rings. The molecule has 0 aliphatic rings. The first-order chi connectivity index (χ1) is 5.70. The first-order valence-corrected chi connectivity index (χ1v) is 3.15. The largest absolute Gasteiger partial charge is 0.422 e. The van der Waals surface area contributed by atoms with E-state index in [1.165, 1.54) is 12.2 Å². The van der Waals surface area contributed by atoms with Crippen molar-refractivity contribution in [3.63, 3.8) is 0 Å². The topological polar surface area (TPSA) is 67.3 Å². The Balaban J connectivity index is 0.000000217. The average molecular weight is 163 g/mol. The van der Waals surface area contributed by atoms with Crippen molar-refractivity contribution in [2.45, 2.75) is 0 Å². The molecule has 0 aromatic carbocycles. The first kappa shape index (κ1) is 10.1. The Morgan fingerprint density at radius 2 is 2.33 bits per heavy atom. The molecule has 0 saturated heterocycles. The zero-order valence-corrected chi connectivity index (χ0v) is 6.97. The molecular formula is C7H9N5. The van der Waals surface area contributed by atoms with Crippen molar-refractivity contribution in [1.82, 2.24) is 4.57 Å². The zero-order valence-electron chi connectivity index (χ0n) is 6.97. The van der Waals surface area contributed by atoms with Crippen LogP contribution in [0.4, 0.5) is 0 Å². The molecule has 5 nitrogen and oxygen atoms in total. The monoisotopic (exact) mass is 163 g/mol. The second kappa shape index (κ2) is 5.83. The Hall–Kier alpha value is -1.92. The molecule has 0 N–H and O–H groups in total. The zero-order chi connectivity index (χ0) is 9.40. The van der Waals surface area contributed by atoms with E-state index in [0.717, 1.165) is 0 Å². The normalized spacial score (nSPS) is 7.08.